The van der Waals surface area contributed by atoms with Crippen molar-refractivity contribution in [1.82, 2.24) is 15.6 Å². The van der Waals surface area contributed by atoms with Gasteiger partial charge in [0.05, 0.1) is 29.7 Å². The Kier molecular flexibility index (Phi) is 9.00. The molecule has 0 saturated carbocycles. The fourth-order valence-electron chi connectivity index (χ4n) is 2.54. The van der Waals surface area contributed by atoms with Crippen molar-refractivity contribution in [2.24, 2.45) is 4.99 Å². The van der Waals surface area contributed by atoms with Gasteiger partial charge in [-0.25, -0.2) is 4.99 Å². The first kappa shape index (κ1) is 22.8. The summed E-state index contributed by atoms with van der Waals surface area (Å²) in [5.41, 5.74) is 1.88. The largest absolute Gasteiger partial charge is 0.351 e. The van der Waals surface area contributed by atoms with Gasteiger partial charge in [0.1, 0.15) is 0 Å². The Bertz CT molecular complexity index is 918. The second-order valence-corrected chi connectivity index (χ2v) is 7.12. The summed E-state index contributed by atoms with van der Waals surface area (Å²) in [4.78, 5) is 20.5. The minimum atomic E-state index is -0.406. The number of hydrogen-bond acceptors (Lipinski definition) is 5. The molecular formula is C20H22IN5O2S. The van der Waals surface area contributed by atoms with Gasteiger partial charge in [-0.15, -0.1) is 35.3 Å². The monoisotopic (exact) mass is 523 g/mol. The van der Waals surface area contributed by atoms with Gasteiger partial charge in [0.15, 0.2) is 5.96 Å². The molecule has 1 unspecified atom stereocenters. The number of nitrogens with one attached hydrogen (secondary N) is 2. The van der Waals surface area contributed by atoms with E-state index in [2.05, 4.69) is 33.6 Å². The summed E-state index contributed by atoms with van der Waals surface area (Å²) >= 11 is 1.68. The predicted octanol–water partition coefficient (Wildman–Crippen LogP) is 4.67. The van der Waals surface area contributed by atoms with Crippen molar-refractivity contribution in [3.05, 3.63) is 92.4 Å². The first-order valence-electron chi connectivity index (χ1n) is 8.83. The van der Waals surface area contributed by atoms with E-state index in [0.29, 0.717) is 19.0 Å². The van der Waals surface area contributed by atoms with Crippen molar-refractivity contribution >= 4 is 47.0 Å². The highest BCUT2D eigenvalue weighted by atomic mass is 127. The van der Waals surface area contributed by atoms with Crippen LogP contribution < -0.4 is 10.6 Å². The van der Waals surface area contributed by atoms with Crippen LogP contribution in [0, 0.1) is 10.1 Å². The Morgan fingerprint density at radius 2 is 2.00 bits per heavy atom. The Balaban J connectivity index is 0.00000300. The van der Waals surface area contributed by atoms with E-state index >= 15 is 0 Å². The van der Waals surface area contributed by atoms with Crippen LogP contribution in [0.2, 0.25) is 0 Å². The molecule has 0 aliphatic rings. The molecule has 0 bridgehead atoms. The number of non-ortho nitro benzene ring substituents is 1. The number of nitrogens with zero attached hydrogens (tertiary/aromatic N) is 3. The molecule has 0 aliphatic heterocycles. The average Bonchev–Trinajstić information content (AvgIpc) is 3.26. The van der Waals surface area contributed by atoms with Crippen molar-refractivity contribution in [2.45, 2.75) is 26.1 Å². The molecule has 0 aliphatic carbocycles. The Hall–Kier alpha value is -2.53. The second kappa shape index (κ2) is 11.5. The Morgan fingerprint density at radius 1 is 1.21 bits per heavy atom. The standard InChI is InChI=1S/C20H21N5O2S.HI/c1-15(19-6-4-12-28-19)24-20(23-14-17-5-2-3-11-21-17)22-13-16-7-9-18(10-8-16)25(26)27;/h2-12,15H,13-14H2,1H3,(H2,22,23,24);1H. The summed E-state index contributed by atoms with van der Waals surface area (Å²) in [6.45, 7) is 3.03. The third kappa shape index (κ3) is 7.09. The molecular weight excluding hydrogens is 501 g/mol. The lowest BCUT2D eigenvalue weighted by atomic mass is 10.2. The minimum absolute atomic E-state index is 0. The number of aliphatic imine (C=N–C) groups is 1. The Labute approximate surface area is 190 Å². The highest BCUT2D eigenvalue weighted by molar-refractivity contribution is 14.0. The zero-order valence-corrected chi connectivity index (χ0v) is 19.0. The van der Waals surface area contributed by atoms with Gasteiger partial charge in [-0.1, -0.05) is 24.3 Å². The van der Waals surface area contributed by atoms with E-state index in [9.17, 15) is 10.1 Å². The Morgan fingerprint density at radius 3 is 2.62 bits per heavy atom. The number of aromatic nitrogens is 1. The van der Waals surface area contributed by atoms with Crippen LogP contribution in [-0.2, 0) is 13.1 Å². The first-order chi connectivity index (χ1) is 13.6. The zero-order chi connectivity index (χ0) is 19.8. The number of thiophene rings is 1. The maximum atomic E-state index is 10.8. The summed E-state index contributed by atoms with van der Waals surface area (Å²) < 4.78 is 0. The SMILES string of the molecule is CC(NC(=NCc1ccc([N+](=O)[O-])cc1)NCc1ccccn1)c1cccs1.I. The maximum Gasteiger partial charge on any atom is 0.269 e. The number of pyridine rings is 1. The first-order valence-corrected chi connectivity index (χ1v) is 9.71. The van der Waals surface area contributed by atoms with Gasteiger partial charge < -0.3 is 10.6 Å². The minimum Gasteiger partial charge on any atom is -0.351 e. The molecule has 2 aromatic heterocycles. The fourth-order valence-corrected chi connectivity index (χ4v) is 3.27. The summed E-state index contributed by atoms with van der Waals surface area (Å²) in [6, 6.07) is 16.4. The molecule has 3 aromatic rings. The number of guanidine groups is 1. The van der Waals surface area contributed by atoms with Crippen LogP contribution in [0.15, 0.2) is 71.2 Å². The van der Waals surface area contributed by atoms with Crippen molar-refractivity contribution in [1.29, 1.82) is 0 Å². The van der Waals surface area contributed by atoms with Gasteiger partial charge in [0, 0.05) is 23.2 Å². The van der Waals surface area contributed by atoms with Crippen LogP contribution in [0.25, 0.3) is 0 Å². The number of halogens is 1. The molecule has 0 amide bonds. The number of rotatable bonds is 7. The number of hydrogen-bond donors (Lipinski definition) is 2. The number of benzene rings is 1. The van der Waals surface area contributed by atoms with Crippen LogP contribution in [0.5, 0.6) is 0 Å². The van der Waals surface area contributed by atoms with Crippen molar-refractivity contribution in [3.63, 3.8) is 0 Å². The topological polar surface area (TPSA) is 92.5 Å². The highest BCUT2D eigenvalue weighted by Gasteiger charge is 2.10. The number of nitro groups is 1. The van der Waals surface area contributed by atoms with E-state index in [1.54, 1.807) is 29.7 Å². The van der Waals surface area contributed by atoms with Gasteiger partial charge >= 0.3 is 0 Å². The smallest absolute Gasteiger partial charge is 0.269 e. The molecule has 152 valence electrons. The molecule has 3 rings (SSSR count). The molecule has 2 heterocycles. The summed E-state index contributed by atoms with van der Waals surface area (Å²) in [5.74, 6) is 0.657. The van der Waals surface area contributed by atoms with Crippen LogP contribution in [0.4, 0.5) is 5.69 Å². The molecule has 0 saturated heterocycles. The van der Waals surface area contributed by atoms with Crippen molar-refractivity contribution in [2.75, 3.05) is 0 Å². The second-order valence-electron chi connectivity index (χ2n) is 6.14. The van der Waals surface area contributed by atoms with E-state index in [4.69, 9.17) is 0 Å². The lowest BCUT2D eigenvalue weighted by molar-refractivity contribution is -0.384. The van der Waals surface area contributed by atoms with Gasteiger partial charge in [0.25, 0.3) is 5.69 Å². The molecule has 1 aromatic carbocycles. The molecule has 0 spiro atoms. The molecule has 1 atom stereocenters. The van der Waals surface area contributed by atoms with Gasteiger partial charge in [-0.05, 0) is 36.1 Å². The quantitative estimate of drug-likeness (QED) is 0.155. The van der Waals surface area contributed by atoms with Gasteiger partial charge in [0.2, 0.25) is 0 Å². The summed E-state index contributed by atoms with van der Waals surface area (Å²) in [6.07, 6.45) is 1.76. The van der Waals surface area contributed by atoms with E-state index < -0.39 is 4.92 Å². The normalized spacial score (nSPS) is 12.0. The average molecular weight is 523 g/mol. The third-order valence-electron chi connectivity index (χ3n) is 4.05. The highest BCUT2D eigenvalue weighted by Crippen LogP contribution is 2.18. The van der Waals surface area contributed by atoms with Crippen LogP contribution in [0.1, 0.15) is 29.1 Å². The lowest BCUT2D eigenvalue weighted by Crippen LogP contribution is -2.38. The number of nitro benzene ring substituents is 1. The molecule has 7 nitrogen and oxygen atoms in total. The fraction of sp³-hybridized carbons (Fsp3) is 0.200. The van der Waals surface area contributed by atoms with E-state index in [1.807, 2.05) is 29.6 Å². The molecule has 0 radical (unpaired) electrons. The van der Waals surface area contributed by atoms with E-state index in [1.165, 1.54) is 17.0 Å². The summed E-state index contributed by atoms with van der Waals surface area (Å²) in [5, 5.41) is 19.5. The molecule has 2 N–H and O–H groups in total. The maximum absolute atomic E-state index is 10.8. The van der Waals surface area contributed by atoms with E-state index in [-0.39, 0.29) is 35.7 Å². The van der Waals surface area contributed by atoms with Gasteiger partial charge in [-0.2, -0.15) is 0 Å². The zero-order valence-electron chi connectivity index (χ0n) is 15.8. The summed E-state index contributed by atoms with van der Waals surface area (Å²) in [7, 11) is 0. The third-order valence-corrected chi connectivity index (χ3v) is 5.11. The van der Waals surface area contributed by atoms with Crippen LogP contribution in [0.3, 0.4) is 0 Å². The predicted molar refractivity (Wildman–Crippen MR) is 127 cm³/mol. The molecule has 0 fully saturated rings. The molecule has 29 heavy (non-hydrogen) atoms. The van der Waals surface area contributed by atoms with E-state index in [0.717, 1.165) is 11.3 Å². The van der Waals surface area contributed by atoms with Crippen molar-refractivity contribution in [3.8, 4) is 0 Å². The van der Waals surface area contributed by atoms with Crippen LogP contribution >= 0.6 is 35.3 Å². The van der Waals surface area contributed by atoms with Crippen molar-refractivity contribution < 1.29 is 4.92 Å². The molecule has 9 heteroatoms. The van der Waals surface area contributed by atoms with Crippen LogP contribution in [-0.4, -0.2) is 15.9 Å². The van der Waals surface area contributed by atoms with Gasteiger partial charge in [-0.3, -0.25) is 15.1 Å². The lowest BCUT2D eigenvalue weighted by Gasteiger charge is -2.17.